The van der Waals surface area contributed by atoms with Crippen LogP contribution in [0.4, 0.5) is 5.13 Å². The maximum Gasteiger partial charge on any atom is 0.259 e. The van der Waals surface area contributed by atoms with E-state index in [-0.39, 0.29) is 12.5 Å². The van der Waals surface area contributed by atoms with Crippen molar-refractivity contribution in [3.63, 3.8) is 0 Å². The number of para-hydroxylation sites is 1. The van der Waals surface area contributed by atoms with Crippen LogP contribution in [0.3, 0.4) is 0 Å². The number of carbonyl (C=O) groups excluding carboxylic acids is 1. The molecule has 0 unspecified atom stereocenters. The van der Waals surface area contributed by atoms with Crippen molar-refractivity contribution >= 4 is 50.1 Å². The van der Waals surface area contributed by atoms with E-state index in [0.29, 0.717) is 5.13 Å². The summed E-state index contributed by atoms with van der Waals surface area (Å²) in [6, 6.07) is 9.88. The Morgan fingerprint density at radius 1 is 1.32 bits per heavy atom. The van der Waals surface area contributed by atoms with Crippen molar-refractivity contribution in [2.24, 2.45) is 5.10 Å². The molecule has 28 heavy (non-hydrogen) atoms. The van der Waals surface area contributed by atoms with Gasteiger partial charge in [0.2, 0.25) is 0 Å². The number of carbonyl (C=O) groups is 1. The molecule has 4 rings (SSSR count). The van der Waals surface area contributed by atoms with E-state index in [0.717, 1.165) is 32.3 Å². The Labute approximate surface area is 169 Å². The fraction of sp³-hybridized carbons (Fsp3) is 0.158. The van der Waals surface area contributed by atoms with E-state index in [4.69, 9.17) is 0 Å². The number of rotatable bonds is 6. The second kappa shape index (κ2) is 7.91. The number of benzene rings is 1. The number of fused-ring (bicyclic) bond motifs is 1. The third-order valence-electron chi connectivity index (χ3n) is 4.17. The molecule has 142 valence electrons. The normalized spacial score (nSPS) is 11.4. The Morgan fingerprint density at radius 3 is 2.96 bits per heavy atom. The molecule has 0 atom stereocenters. The van der Waals surface area contributed by atoms with Crippen molar-refractivity contribution in [1.29, 1.82) is 0 Å². The maximum absolute atomic E-state index is 12.0. The van der Waals surface area contributed by atoms with E-state index in [2.05, 4.69) is 30.4 Å². The van der Waals surface area contributed by atoms with Gasteiger partial charge in [-0.2, -0.15) is 5.10 Å². The Bertz CT molecular complexity index is 1110. The Kier molecular flexibility index (Phi) is 5.18. The van der Waals surface area contributed by atoms with Crippen LogP contribution in [0, 0.1) is 13.8 Å². The summed E-state index contributed by atoms with van der Waals surface area (Å²) in [7, 11) is 0. The van der Waals surface area contributed by atoms with E-state index in [9.17, 15) is 4.79 Å². The van der Waals surface area contributed by atoms with E-state index < -0.39 is 0 Å². The molecule has 3 heterocycles. The van der Waals surface area contributed by atoms with E-state index in [1.165, 1.54) is 11.3 Å². The summed E-state index contributed by atoms with van der Waals surface area (Å²) >= 11 is 3.09. The minimum atomic E-state index is -0.232. The van der Waals surface area contributed by atoms with Gasteiger partial charge in [-0.25, -0.2) is 15.4 Å². The highest BCUT2D eigenvalue weighted by Gasteiger charge is 2.11. The highest BCUT2D eigenvalue weighted by molar-refractivity contribution is 7.22. The van der Waals surface area contributed by atoms with Crippen LogP contribution in [0.25, 0.3) is 15.3 Å². The topological polar surface area (TPSA) is 84.2 Å². The third kappa shape index (κ3) is 3.80. The number of hydrazone groups is 1. The third-order valence-corrected chi connectivity index (χ3v) is 5.92. The minimum Gasteiger partial charge on any atom is -0.352 e. The summed E-state index contributed by atoms with van der Waals surface area (Å²) in [5.41, 5.74) is 6.50. The van der Waals surface area contributed by atoms with E-state index in [1.54, 1.807) is 23.7 Å². The zero-order valence-corrected chi connectivity index (χ0v) is 17.0. The van der Waals surface area contributed by atoms with Gasteiger partial charge in [-0.15, -0.1) is 11.3 Å². The first-order valence-corrected chi connectivity index (χ1v) is 10.3. The van der Waals surface area contributed by atoms with Gasteiger partial charge in [-0.3, -0.25) is 9.36 Å². The molecule has 0 aliphatic heterocycles. The molecule has 0 spiro atoms. The Balaban J connectivity index is 1.36. The van der Waals surface area contributed by atoms with Gasteiger partial charge in [-0.1, -0.05) is 23.5 Å². The predicted octanol–water partition coefficient (Wildman–Crippen LogP) is 3.72. The zero-order chi connectivity index (χ0) is 19.5. The number of aromatic nitrogens is 3. The predicted molar refractivity (Wildman–Crippen MR) is 115 cm³/mol. The van der Waals surface area contributed by atoms with Gasteiger partial charge in [0.1, 0.15) is 0 Å². The van der Waals surface area contributed by atoms with Crippen molar-refractivity contribution in [3.8, 4) is 5.13 Å². The molecule has 7 nitrogen and oxygen atoms in total. The number of nitrogens with one attached hydrogen (secondary N) is 2. The maximum atomic E-state index is 12.0. The van der Waals surface area contributed by atoms with Crippen LogP contribution in [0.15, 0.2) is 47.0 Å². The summed E-state index contributed by atoms with van der Waals surface area (Å²) in [6.45, 7) is 4.13. The van der Waals surface area contributed by atoms with Gasteiger partial charge in [0, 0.05) is 28.5 Å². The van der Waals surface area contributed by atoms with Crippen LogP contribution < -0.4 is 10.7 Å². The molecule has 0 saturated heterocycles. The number of aryl methyl sites for hydroxylation is 1. The van der Waals surface area contributed by atoms with Gasteiger partial charge in [0.15, 0.2) is 10.3 Å². The summed E-state index contributed by atoms with van der Waals surface area (Å²) < 4.78 is 3.15. The molecule has 0 radical (unpaired) electrons. The Hall–Kier alpha value is -3.04. The van der Waals surface area contributed by atoms with Gasteiger partial charge in [0.25, 0.3) is 5.91 Å². The molecule has 9 heteroatoms. The number of thiazole rings is 2. The fourth-order valence-electron chi connectivity index (χ4n) is 2.86. The summed E-state index contributed by atoms with van der Waals surface area (Å²) in [4.78, 5) is 20.8. The first-order valence-electron chi connectivity index (χ1n) is 8.62. The number of hydrogen-bond donors (Lipinski definition) is 2. The van der Waals surface area contributed by atoms with E-state index >= 15 is 0 Å². The van der Waals surface area contributed by atoms with E-state index in [1.807, 2.05) is 49.6 Å². The van der Waals surface area contributed by atoms with Crippen molar-refractivity contribution in [3.05, 3.63) is 58.9 Å². The standard InChI is InChI=1S/C19H18N6OS2/c1-12-9-14(13(2)25(12)19-20-7-8-27-19)10-22-24-17(26)11-21-18-23-15-5-3-4-6-16(15)28-18/h3-10H,11H2,1-2H3,(H,21,23)(H,24,26)/b22-10-. The van der Waals surface area contributed by atoms with Crippen molar-refractivity contribution in [2.75, 3.05) is 11.9 Å². The van der Waals surface area contributed by atoms with Crippen molar-refractivity contribution in [1.82, 2.24) is 20.0 Å². The lowest BCUT2D eigenvalue weighted by Crippen LogP contribution is -2.25. The summed E-state index contributed by atoms with van der Waals surface area (Å²) in [6.07, 6.45) is 3.44. The highest BCUT2D eigenvalue weighted by atomic mass is 32.1. The van der Waals surface area contributed by atoms with Crippen LogP contribution in [-0.2, 0) is 4.79 Å². The smallest absolute Gasteiger partial charge is 0.259 e. The highest BCUT2D eigenvalue weighted by Crippen LogP contribution is 2.25. The fourth-order valence-corrected chi connectivity index (χ4v) is 4.47. The second-order valence-corrected chi connectivity index (χ2v) is 8.01. The first kappa shape index (κ1) is 18.3. The molecule has 1 amide bonds. The molecule has 0 aliphatic carbocycles. The monoisotopic (exact) mass is 410 g/mol. The summed E-state index contributed by atoms with van der Waals surface area (Å²) in [5, 5.41) is 10.7. The molecule has 2 N–H and O–H groups in total. The molecule has 0 bridgehead atoms. The quantitative estimate of drug-likeness (QED) is 0.375. The van der Waals surface area contributed by atoms with Crippen LogP contribution in [-0.4, -0.2) is 33.2 Å². The van der Waals surface area contributed by atoms with Crippen LogP contribution in [0.5, 0.6) is 0 Å². The molecule has 3 aromatic heterocycles. The molecule has 0 saturated carbocycles. The molecular weight excluding hydrogens is 392 g/mol. The van der Waals surface area contributed by atoms with Crippen molar-refractivity contribution in [2.45, 2.75) is 13.8 Å². The Morgan fingerprint density at radius 2 is 2.18 bits per heavy atom. The molecule has 1 aromatic carbocycles. The first-order chi connectivity index (χ1) is 13.6. The molecule has 4 aromatic rings. The van der Waals surface area contributed by atoms with Gasteiger partial charge < -0.3 is 5.32 Å². The summed E-state index contributed by atoms with van der Waals surface area (Å²) in [5.74, 6) is -0.232. The lowest BCUT2D eigenvalue weighted by molar-refractivity contribution is -0.119. The zero-order valence-electron chi connectivity index (χ0n) is 15.3. The molecule has 0 aliphatic rings. The van der Waals surface area contributed by atoms with Gasteiger partial charge in [-0.05, 0) is 32.0 Å². The lowest BCUT2D eigenvalue weighted by atomic mass is 10.3. The molecule has 0 fully saturated rings. The van der Waals surface area contributed by atoms with Crippen LogP contribution in [0.1, 0.15) is 17.0 Å². The SMILES string of the molecule is Cc1cc(/C=N\NC(=O)CNc2nc3ccccc3s2)c(C)n1-c1nccs1. The van der Waals surface area contributed by atoms with Gasteiger partial charge in [0.05, 0.1) is 23.0 Å². The number of anilines is 1. The average Bonchev–Trinajstić information content (AvgIpc) is 3.39. The van der Waals surface area contributed by atoms with Gasteiger partial charge >= 0.3 is 0 Å². The van der Waals surface area contributed by atoms with Crippen molar-refractivity contribution < 1.29 is 4.79 Å². The average molecular weight is 411 g/mol. The number of nitrogens with zero attached hydrogens (tertiary/aromatic N) is 4. The second-order valence-electron chi connectivity index (χ2n) is 6.11. The van der Waals surface area contributed by atoms with Crippen LogP contribution in [0.2, 0.25) is 0 Å². The lowest BCUT2D eigenvalue weighted by Gasteiger charge is -2.04. The number of amides is 1. The minimum absolute atomic E-state index is 0.106. The molecular formula is C19H18N6OS2. The largest absolute Gasteiger partial charge is 0.352 e. The van der Waals surface area contributed by atoms with Crippen LogP contribution >= 0.6 is 22.7 Å². The number of hydrogen-bond acceptors (Lipinski definition) is 7.